The van der Waals surface area contributed by atoms with Gasteiger partial charge < -0.3 is 5.11 Å². The lowest BCUT2D eigenvalue weighted by Gasteiger charge is -1.78. The monoisotopic (exact) mass is 181 g/mol. The van der Waals surface area contributed by atoms with Crippen molar-refractivity contribution in [3.05, 3.63) is 0 Å². The summed E-state index contributed by atoms with van der Waals surface area (Å²) in [7, 11) is 0. The number of aliphatic hydroxyl groups excluding tert-OH is 1. The predicted molar refractivity (Wildman–Crippen MR) is 33.9 cm³/mol. The van der Waals surface area contributed by atoms with Gasteiger partial charge in [0.05, 0.1) is 0 Å². The van der Waals surface area contributed by atoms with Gasteiger partial charge in [0.15, 0.2) is 0 Å². The van der Waals surface area contributed by atoms with Crippen molar-refractivity contribution in [1.82, 2.24) is 0 Å². The Bertz CT molecular complexity index is 59.1. The van der Waals surface area contributed by atoms with Crippen LogP contribution in [0.2, 0.25) is 0 Å². The highest BCUT2D eigenvalue weighted by atomic mass is 79.9. The van der Waals surface area contributed by atoms with Crippen LogP contribution in [0.1, 0.15) is 6.42 Å². The molecule has 0 amide bonds. The minimum Gasteiger partial charge on any atom is -0.396 e. The number of aliphatic hydroxyl groups is 1. The molecule has 0 heterocycles. The summed E-state index contributed by atoms with van der Waals surface area (Å²) in [6, 6.07) is 0. The largest absolute Gasteiger partial charge is 0.396 e. The van der Waals surface area contributed by atoms with Crippen molar-refractivity contribution in [2.75, 3.05) is 11.9 Å². The Morgan fingerprint density at radius 1 is 1.75 bits per heavy atom. The first-order chi connectivity index (χ1) is 3.83. The van der Waals surface area contributed by atoms with Crippen molar-refractivity contribution in [3.63, 3.8) is 0 Å². The Balaban J connectivity index is 0. The Morgan fingerprint density at radius 2 is 2.12 bits per heavy atom. The van der Waals surface area contributed by atoms with Crippen LogP contribution in [0.15, 0.2) is 0 Å². The van der Waals surface area contributed by atoms with Crippen LogP contribution in [0.3, 0.4) is 0 Å². The highest BCUT2D eigenvalue weighted by molar-refractivity contribution is 9.09. The summed E-state index contributed by atoms with van der Waals surface area (Å²) in [5, 5.41) is 14.3. The maximum atomic E-state index is 8.35. The number of nitrogens with one attached hydrogen (secondary N) is 1. The van der Waals surface area contributed by atoms with Gasteiger partial charge in [-0.1, -0.05) is 15.9 Å². The minimum absolute atomic E-state index is 0.297. The lowest BCUT2D eigenvalue weighted by molar-refractivity contribution is 0.296. The second-order valence-corrected chi connectivity index (χ2v) is 1.66. The molecular weight excluding hydrogens is 174 g/mol. The molecule has 0 aromatic heterocycles. The zero-order valence-electron chi connectivity index (χ0n) is 4.35. The molecule has 4 heteroatoms. The third-order valence-corrected chi connectivity index (χ3v) is 0.852. The third kappa shape index (κ3) is 40.8. The highest BCUT2D eigenvalue weighted by Crippen LogP contribution is 1.81. The Hall–Kier alpha value is -0.180. The van der Waals surface area contributed by atoms with Crippen molar-refractivity contribution < 1.29 is 9.90 Å². The second-order valence-electron chi connectivity index (χ2n) is 0.868. The van der Waals surface area contributed by atoms with E-state index >= 15 is 0 Å². The molecule has 0 bridgehead atoms. The van der Waals surface area contributed by atoms with Crippen molar-refractivity contribution in [2.24, 2.45) is 0 Å². The third-order valence-electron chi connectivity index (χ3n) is 0.292. The van der Waals surface area contributed by atoms with E-state index in [0.717, 1.165) is 17.8 Å². The van der Waals surface area contributed by atoms with Gasteiger partial charge in [0.1, 0.15) is 0 Å². The molecule has 0 aromatic carbocycles. The number of rotatable bonds is 2. The van der Waals surface area contributed by atoms with Crippen molar-refractivity contribution >= 4 is 22.0 Å². The molecule has 0 saturated carbocycles. The normalized spacial score (nSPS) is 6.25. The maximum Gasteiger partial charge on any atom is 0.231 e. The molecule has 0 atom stereocenters. The molecular formula is C4H8BrNO2. The van der Waals surface area contributed by atoms with E-state index in [-0.39, 0.29) is 0 Å². The van der Waals surface area contributed by atoms with E-state index in [1.165, 1.54) is 0 Å². The maximum absolute atomic E-state index is 8.35. The Morgan fingerprint density at radius 3 is 2.12 bits per heavy atom. The van der Waals surface area contributed by atoms with Crippen LogP contribution >= 0.6 is 15.9 Å². The number of halogens is 1. The predicted octanol–water partition coefficient (Wildman–Crippen LogP) is 0.665. The molecule has 2 N–H and O–H groups in total. The van der Waals surface area contributed by atoms with Gasteiger partial charge in [-0.2, -0.15) is 0 Å². The van der Waals surface area contributed by atoms with Gasteiger partial charge in [0, 0.05) is 11.9 Å². The summed E-state index contributed by atoms with van der Waals surface area (Å²) in [5.41, 5.74) is 0. The summed E-state index contributed by atoms with van der Waals surface area (Å²) >= 11 is 3.15. The Kier molecular flexibility index (Phi) is 21.2. The smallest absolute Gasteiger partial charge is 0.231 e. The summed E-state index contributed by atoms with van der Waals surface area (Å²) in [6.45, 7) is 0.297. The molecule has 8 heavy (non-hydrogen) atoms. The number of isocyanates is 1. The summed E-state index contributed by atoms with van der Waals surface area (Å²) in [4.78, 5) is 8.35. The first-order valence-corrected chi connectivity index (χ1v) is 3.16. The quantitative estimate of drug-likeness (QED) is 0.374. The van der Waals surface area contributed by atoms with Gasteiger partial charge in [0.25, 0.3) is 0 Å². The molecule has 0 rings (SSSR count). The molecule has 48 valence electrons. The fourth-order valence-corrected chi connectivity index (χ4v) is 0.311. The van der Waals surface area contributed by atoms with Gasteiger partial charge in [-0.05, 0) is 6.42 Å². The molecule has 0 aliphatic carbocycles. The van der Waals surface area contributed by atoms with Crippen LogP contribution in [0.4, 0.5) is 0 Å². The van der Waals surface area contributed by atoms with Crippen LogP contribution in [-0.2, 0) is 4.79 Å². The molecule has 0 fully saturated rings. The fraction of sp³-hybridized carbons (Fsp3) is 0.750. The Labute approximate surface area is 56.3 Å². The zero-order chi connectivity index (χ0) is 6.83. The van der Waals surface area contributed by atoms with E-state index in [1.54, 1.807) is 0 Å². The van der Waals surface area contributed by atoms with Crippen molar-refractivity contribution in [2.45, 2.75) is 6.42 Å². The van der Waals surface area contributed by atoms with E-state index in [0.29, 0.717) is 6.61 Å². The first kappa shape index (κ1) is 10.7. The first-order valence-electron chi connectivity index (χ1n) is 2.04. The average molecular weight is 182 g/mol. The van der Waals surface area contributed by atoms with E-state index < -0.39 is 0 Å². The zero-order valence-corrected chi connectivity index (χ0v) is 5.94. The van der Waals surface area contributed by atoms with E-state index in [1.807, 2.05) is 0 Å². The SMILES string of the molecule is N=C=O.OCCCBr. The van der Waals surface area contributed by atoms with Gasteiger partial charge in [-0.15, -0.1) is 0 Å². The van der Waals surface area contributed by atoms with Crippen LogP contribution in [0.25, 0.3) is 0 Å². The fourth-order valence-electron chi connectivity index (χ4n) is 0.0598. The van der Waals surface area contributed by atoms with E-state index in [9.17, 15) is 0 Å². The standard InChI is InChI=1S/C3H7BrO.CHNO/c4-2-1-3-5;2-1-3/h5H,1-3H2;2H. The lowest BCUT2D eigenvalue weighted by atomic mass is 10.5. The van der Waals surface area contributed by atoms with Gasteiger partial charge in [-0.3, -0.25) is 0 Å². The molecule has 0 aliphatic heterocycles. The summed E-state index contributed by atoms with van der Waals surface area (Å²) < 4.78 is 0. The second kappa shape index (κ2) is 15.8. The molecule has 0 saturated heterocycles. The van der Waals surface area contributed by atoms with Gasteiger partial charge in [-0.25, -0.2) is 10.2 Å². The van der Waals surface area contributed by atoms with Crippen molar-refractivity contribution in [3.8, 4) is 0 Å². The van der Waals surface area contributed by atoms with Crippen LogP contribution in [0.5, 0.6) is 0 Å². The van der Waals surface area contributed by atoms with Crippen LogP contribution in [0, 0.1) is 5.41 Å². The van der Waals surface area contributed by atoms with Gasteiger partial charge >= 0.3 is 0 Å². The number of hydrogen-bond donors (Lipinski definition) is 2. The highest BCUT2D eigenvalue weighted by Gasteiger charge is 1.70. The summed E-state index contributed by atoms with van der Waals surface area (Å²) in [6.07, 6.45) is 1.61. The van der Waals surface area contributed by atoms with Crippen molar-refractivity contribution in [1.29, 1.82) is 5.41 Å². The molecule has 0 radical (unpaired) electrons. The number of hydrogen-bond acceptors (Lipinski definition) is 3. The van der Waals surface area contributed by atoms with E-state index in [2.05, 4.69) is 15.9 Å². The van der Waals surface area contributed by atoms with Gasteiger partial charge in [0.2, 0.25) is 6.08 Å². The van der Waals surface area contributed by atoms with Crippen LogP contribution in [-0.4, -0.2) is 23.1 Å². The molecule has 0 spiro atoms. The molecule has 0 aliphatic rings. The molecule has 3 nitrogen and oxygen atoms in total. The lowest BCUT2D eigenvalue weighted by Crippen LogP contribution is -1.78. The van der Waals surface area contributed by atoms with Crippen LogP contribution < -0.4 is 0 Å². The number of carbonyl (C=O) groups excluding carboxylic acids is 1. The topological polar surface area (TPSA) is 61.2 Å². The molecule has 0 aromatic rings. The summed E-state index contributed by atoms with van der Waals surface area (Å²) in [5.74, 6) is 0. The minimum atomic E-state index is 0.297. The molecule has 0 unspecified atom stereocenters. The van der Waals surface area contributed by atoms with E-state index in [4.69, 9.17) is 15.3 Å². The number of alkyl halides is 1. The average Bonchev–Trinajstić information content (AvgIpc) is 1.71.